The summed E-state index contributed by atoms with van der Waals surface area (Å²) in [5.74, 6) is 1.73. The van der Waals surface area contributed by atoms with Gasteiger partial charge < -0.3 is 15.0 Å². The second kappa shape index (κ2) is 7.12. The van der Waals surface area contributed by atoms with E-state index >= 15 is 0 Å². The molecule has 4 heteroatoms. The first-order chi connectivity index (χ1) is 8.74. The van der Waals surface area contributed by atoms with E-state index in [2.05, 4.69) is 33.2 Å². The molecule has 1 unspecified atom stereocenters. The summed E-state index contributed by atoms with van der Waals surface area (Å²) < 4.78 is 6.73. The van der Waals surface area contributed by atoms with Crippen LogP contribution >= 0.6 is 15.9 Å². The summed E-state index contributed by atoms with van der Waals surface area (Å²) in [6, 6.07) is 7.96. The molecule has 1 aliphatic rings. The van der Waals surface area contributed by atoms with Crippen LogP contribution in [-0.2, 0) is 0 Å². The number of likely N-dealkylation sites (tertiary alicyclic amines) is 1. The molecule has 0 spiro atoms. The number of nitrogens with zero attached hydrogens (tertiary/aromatic N) is 1. The summed E-state index contributed by atoms with van der Waals surface area (Å²) in [6.45, 7) is 5.19. The Balaban J connectivity index is 1.56. The van der Waals surface area contributed by atoms with Crippen LogP contribution in [0.25, 0.3) is 0 Å². The van der Waals surface area contributed by atoms with Crippen LogP contribution in [0.1, 0.15) is 6.42 Å². The lowest BCUT2D eigenvalue weighted by Crippen LogP contribution is -2.28. The van der Waals surface area contributed by atoms with Gasteiger partial charge in [-0.05, 0) is 50.7 Å². The molecule has 0 saturated carbocycles. The average Bonchev–Trinajstić information content (AvgIpc) is 2.75. The Kier molecular flexibility index (Phi) is 5.47. The first-order valence-corrected chi connectivity index (χ1v) is 7.31. The minimum atomic E-state index is 0.721. The lowest BCUT2D eigenvalue weighted by atomic mass is 10.1. The Morgan fingerprint density at radius 1 is 1.50 bits per heavy atom. The first kappa shape index (κ1) is 13.8. The zero-order valence-electron chi connectivity index (χ0n) is 10.9. The molecule has 1 saturated heterocycles. The van der Waals surface area contributed by atoms with Gasteiger partial charge in [0.1, 0.15) is 12.4 Å². The highest BCUT2D eigenvalue weighted by molar-refractivity contribution is 9.10. The zero-order valence-corrected chi connectivity index (χ0v) is 12.4. The molecule has 18 heavy (non-hydrogen) atoms. The predicted octanol–water partition coefficient (Wildman–Crippen LogP) is 2.37. The maximum atomic E-state index is 5.67. The molecular weight excluding hydrogens is 292 g/mol. The van der Waals surface area contributed by atoms with Gasteiger partial charge in [0.05, 0.1) is 0 Å². The van der Waals surface area contributed by atoms with Crippen LogP contribution in [0.3, 0.4) is 0 Å². The number of rotatable bonds is 6. The lowest BCUT2D eigenvalue weighted by Gasteiger charge is -2.12. The van der Waals surface area contributed by atoms with Crippen molar-refractivity contribution >= 4 is 15.9 Å². The summed E-state index contributed by atoms with van der Waals surface area (Å²) in [7, 11) is 2.19. The number of halogens is 1. The standard InChI is InChI=1S/C14H21BrN2O/c1-17-7-5-12(11-17)10-16-6-8-18-14-4-2-3-13(15)9-14/h2-4,9,12,16H,5-8,10-11H2,1H3. The van der Waals surface area contributed by atoms with Crippen molar-refractivity contribution < 1.29 is 4.74 Å². The molecule has 1 aliphatic heterocycles. The fourth-order valence-corrected chi connectivity index (χ4v) is 2.68. The summed E-state index contributed by atoms with van der Waals surface area (Å²) >= 11 is 3.43. The molecule has 1 aromatic carbocycles. The molecule has 0 aliphatic carbocycles. The SMILES string of the molecule is CN1CCC(CNCCOc2cccc(Br)c2)C1. The third kappa shape index (κ3) is 4.59. The Hall–Kier alpha value is -0.580. The quantitative estimate of drug-likeness (QED) is 0.816. The first-order valence-electron chi connectivity index (χ1n) is 6.51. The summed E-state index contributed by atoms with van der Waals surface area (Å²) in [5, 5.41) is 3.47. The molecule has 1 fully saturated rings. The van der Waals surface area contributed by atoms with Crippen LogP contribution in [0, 0.1) is 5.92 Å². The predicted molar refractivity (Wildman–Crippen MR) is 78.1 cm³/mol. The van der Waals surface area contributed by atoms with E-state index in [0.29, 0.717) is 0 Å². The van der Waals surface area contributed by atoms with Crippen molar-refractivity contribution in [2.45, 2.75) is 6.42 Å². The topological polar surface area (TPSA) is 24.5 Å². The van der Waals surface area contributed by atoms with Gasteiger partial charge in [0.25, 0.3) is 0 Å². The third-order valence-electron chi connectivity index (χ3n) is 3.27. The van der Waals surface area contributed by atoms with Crippen LogP contribution < -0.4 is 10.1 Å². The van der Waals surface area contributed by atoms with E-state index in [4.69, 9.17) is 4.74 Å². The number of benzene rings is 1. The lowest BCUT2D eigenvalue weighted by molar-refractivity contribution is 0.307. The van der Waals surface area contributed by atoms with Gasteiger partial charge in [-0.2, -0.15) is 0 Å². The van der Waals surface area contributed by atoms with Crippen molar-refractivity contribution in [3.8, 4) is 5.75 Å². The highest BCUT2D eigenvalue weighted by atomic mass is 79.9. The van der Waals surface area contributed by atoms with Crippen LogP contribution in [-0.4, -0.2) is 44.7 Å². The molecular formula is C14H21BrN2O. The Morgan fingerprint density at radius 2 is 2.39 bits per heavy atom. The number of ether oxygens (including phenoxy) is 1. The highest BCUT2D eigenvalue weighted by Gasteiger charge is 2.18. The molecule has 1 atom stereocenters. The van der Waals surface area contributed by atoms with E-state index in [0.717, 1.165) is 35.8 Å². The van der Waals surface area contributed by atoms with Crippen molar-refractivity contribution in [3.05, 3.63) is 28.7 Å². The Bertz CT molecular complexity index is 373. The minimum Gasteiger partial charge on any atom is -0.492 e. The summed E-state index contributed by atoms with van der Waals surface area (Å²) in [6.07, 6.45) is 1.32. The smallest absolute Gasteiger partial charge is 0.120 e. The zero-order chi connectivity index (χ0) is 12.8. The van der Waals surface area contributed by atoms with Crippen molar-refractivity contribution in [2.75, 3.05) is 39.8 Å². The Morgan fingerprint density at radius 3 is 3.11 bits per heavy atom. The largest absolute Gasteiger partial charge is 0.492 e. The molecule has 3 nitrogen and oxygen atoms in total. The molecule has 0 radical (unpaired) electrons. The molecule has 0 bridgehead atoms. The van der Waals surface area contributed by atoms with Gasteiger partial charge in [-0.15, -0.1) is 0 Å². The van der Waals surface area contributed by atoms with Gasteiger partial charge in [0, 0.05) is 17.6 Å². The molecule has 1 aromatic rings. The maximum absolute atomic E-state index is 5.67. The van der Waals surface area contributed by atoms with E-state index in [1.54, 1.807) is 0 Å². The van der Waals surface area contributed by atoms with E-state index in [9.17, 15) is 0 Å². The van der Waals surface area contributed by atoms with E-state index in [1.165, 1.54) is 19.5 Å². The average molecular weight is 313 g/mol. The molecule has 0 aromatic heterocycles. The van der Waals surface area contributed by atoms with Crippen molar-refractivity contribution in [2.24, 2.45) is 5.92 Å². The van der Waals surface area contributed by atoms with E-state index in [1.807, 2.05) is 24.3 Å². The molecule has 0 amide bonds. The number of nitrogens with one attached hydrogen (secondary N) is 1. The number of hydrogen-bond acceptors (Lipinski definition) is 3. The second-order valence-corrected chi connectivity index (χ2v) is 5.84. The van der Waals surface area contributed by atoms with Crippen molar-refractivity contribution in [3.63, 3.8) is 0 Å². The monoisotopic (exact) mass is 312 g/mol. The molecule has 1 N–H and O–H groups in total. The third-order valence-corrected chi connectivity index (χ3v) is 3.76. The van der Waals surface area contributed by atoms with Gasteiger partial charge in [-0.25, -0.2) is 0 Å². The second-order valence-electron chi connectivity index (χ2n) is 4.93. The van der Waals surface area contributed by atoms with Gasteiger partial charge in [-0.3, -0.25) is 0 Å². The molecule has 1 heterocycles. The van der Waals surface area contributed by atoms with Gasteiger partial charge in [0.15, 0.2) is 0 Å². The maximum Gasteiger partial charge on any atom is 0.120 e. The van der Waals surface area contributed by atoms with Crippen molar-refractivity contribution in [1.29, 1.82) is 0 Å². The van der Waals surface area contributed by atoms with Crippen LogP contribution in [0.15, 0.2) is 28.7 Å². The molecule has 2 rings (SSSR count). The highest BCUT2D eigenvalue weighted by Crippen LogP contribution is 2.17. The summed E-state index contributed by atoms with van der Waals surface area (Å²) in [5.41, 5.74) is 0. The van der Waals surface area contributed by atoms with Crippen LogP contribution in [0.4, 0.5) is 0 Å². The van der Waals surface area contributed by atoms with Crippen LogP contribution in [0.2, 0.25) is 0 Å². The van der Waals surface area contributed by atoms with E-state index < -0.39 is 0 Å². The fraction of sp³-hybridized carbons (Fsp3) is 0.571. The molecule has 100 valence electrons. The Labute approximate surface area is 118 Å². The summed E-state index contributed by atoms with van der Waals surface area (Å²) in [4.78, 5) is 2.39. The minimum absolute atomic E-state index is 0.721. The van der Waals surface area contributed by atoms with Gasteiger partial charge >= 0.3 is 0 Å². The normalized spacial score (nSPS) is 20.2. The fourth-order valence-electron chi connectivity index (χ4n) is 2.30. The van der Waals surface area contributed by atoms with Gasteiger partial charge in [0.2, 0.25) is 0 Å². The van der Waals surface area contributed by atoms with Crippen LogP contribution in [0.5, 0.6) is 5.75 Å². The van der Waals surface area contributed by atoms with Crippen molar-refractivity contribution in [1.82, 2.24) is 10.2 Å². The number of hydrogen-bond donors (Lipinski definition) is 1. The van der Waals surface area contributed by atoms with Gasteiger partial charge in [-0.1, -0.05) is 22.0 Å². The van der Waals surface area contributed by atoms with E-state index in [-0.39, 0.29) is 0 Å².